The zero-order valence-electron chi connectivity index (χ0n) is 9.63. The predicted molar refractivity (Wildman–Crippen MR) is 61.3 cm³/mol. The Balaban J connectivity index is 2.21. The largest absolute Gasteiger partial charge is 0.493 e. The highest BCUT2D eigenvalue weighted by Gasteiger charge is 2.27. The Morgan fingerprint density at radius 1 is 1.59 bits per heavy atom. The first-order valence-corrected chi connectivity index (χ1v) is 5.57. The summed E-state index contributed by atoms with van der Waals surface area (Å²) in [5, 5.41) is 5.57. The summed E-state index contributed by atoms with van der Waals surface area (Å²) in [5.41, 5.74) is 0.629. The van der Waals surface area contributed by atoms with E-state index in [0.29, 0.717) is 31.0 Å². The minimum absolute atomic E-state index is 0.102. The lowest BCUT2D eigenvalue weighted by molar-refractivity contribution is -0.123. The number of halogens is 1. The maximum absolute atomic E-state index is 13.2. The van der Waals surface area contributed by atoms with E-state index in [2.05, 4.69) is 10.6 Å². The van der Waals surface area contributed by atoms with Crippen LogP contribution in [0.5, 0.6) is 5.75 Å². The quantitative estimate of drug-likeness (QED) is 0.772. The van der Waals surface area contributed by atoms with Crippen molar-refractivity contribution < 1.29 is 13.9 Å². The molecule has 1 amide bonds. The first-order valence-electron chi connectivity index (χ1n) is 5.57. The van der Waals surface area contributed by atoms with E-state index in [1.54, 1.807) is 13.1 Å². The molecule has 0 aromatic heterocycles. The molecule has 17 heavy (non-hydrogen) atoms. The van der Waals surface area contributed by atoms with Gasteiger partial charge in [-0.1, -0.05) is 0 Å². The molecule has 1 aromatic carbocycles. The van der Waals surface area contributed by atoms with Crippen LogP contribution in [0.15, 0.2) is 18.2 Å². The molecule has 1 atom stereocenters. The van der Waals surface area contributed by atoms with Crippen LogP contribution in [0.25, 0.3) is 0 Å². The Hall–Kier alpha value is -1.62. The summed E-state index contributed by atoms with van der Waals surface area (Å²) >= 11 is 0. The molecule has 0 fully saturated rings. The Labute approximate surface area is 99.2 Å². The van der Waals surface area contributed by atoms with Crippen molar-refractivity contribution in [2.75, 3.05) is 20.3 Å². The summed E-state index contributed by atoms with van der Waals surface area (Å²) in [6.45, 7) is 0.886. The summed E-state index contributed by atoms with van der Waals surface area (Å²) in [6.07, 6.45) is 0.575. The highest BCUT2D eigenvalue weighted by atomic mass is 19.1. The molecular weight excluding hydrogens is 223 g/mol. The van der Waals surface area contributed by atoms with E-state index in [0.717, 1.165) is 0 Å². The lowest BCUT2D eigenvalue weighted by Crippen LogP contribution is -2.37. The second-order valence-electron chi connectivity index (χ2n) is 3.94. The molecule has 0 aliphatic carbocycles. The smallest absolute Gasteiger partial charge is 0.228 e. The molecule has 1 aliphatic heterocycles. The molecule has 0 spiro atoms. The molecule has 5 heteroatoms. The molecule has 1 aromatic rings. The van der Waals surface area contributed by atoms with E-state index in [-0.39, 0.29) is 17.6 Å². The number of fused-ring (bicyclic) bond motifs is 1. The predicted octanol–water partition coefficient (Wildman–Crippen LogP) is 0.985. The van der Waals surface area contributed by atoms with Crippen LogP contribution in [0.4, 0.5) is 4.39 Å². The Bertz CT molecular complexity index is 423. The van der Waals surface area contributed by atoms with Gasteiger partial charge in [-0.15, -0.1) is 0 Å². The fraction of sp³-hybridized carbons (Fsp3) is 0.417. The van der Waals surface area contributed by atoms with Crippen molar-refractivity contribution in [2.24, 2.45) is 0 Å². The fourth-order valence-electron chi connectivity index (χ4n) is 1.94. The van der Waals surface area contributed by atoms with Gasteiger partial charge in [0.25, 0.3) is 0 Å². The van der Waals surface area contributed by atoms with Gasteiger partial charge in [-0.05, 0) is 31.7 Å². The molecule has 0 bridgehead atoms. The van der Waals surface area contributed by atoms with Gasteiger partial charge in [-0.3, -0.25) is 4.79 Å². The second-order valence-corrected chi connectivity index (χ2v) is 3.94. The first-order chi connectivity index (χ1) is 8.22. The summed E-state index contributed by atoms with van der Waals surface area (Å²) in [4.78, 5) is 11.9. The number of ether oxygens (including phenoxy) is 1. The molecule has 92 valence electrons. The lowest BCUT2D eigenvalue weighted by Gasteiger charge is -2.25. The summed E-state index contributed by atoms with van der Waals surface area (Å²) in [5.74, 6) is -0.180. The van der Waals surface area contributed by atoms with Crippen LogP contribution in [-0.4, -0.2) is 26.2 Å². The van der Waals surface area contributed by atoms with Crippen LogP contribution in [0, 0.1) is 5.82 Å². The van der Waals surface area contributed by atoms with Gasteiger partial charge in [0.1, 0.15) is 11.6 Å². The van der Waals surface area contributed by atoms with Gasteiger partial charge >= 0.3 is 0 Å². The van der Waals surface area contributed by atoms with Crippen LogP contribution in [0.1, 0.15) is 17.9 Å². The fourth-order valence-corrected chi connectivity index (χ4v) is 1.94. The second kappa shape index (κ2) is 5.14. The standard InChI is InChI=1S/C12H15FN2O2/c1-14-7-15-12(16)9-4-5-17-11-3-2-8(13)6-10(9)11/h2-3,6,9,14H,4-5,7H2,1H3,(H,15,16). The van der Waals surface area contributed by atoms with Gasteiger partial charge in [-0.2, -0.15) is 0 Å². The van der Waals surface area contributed by atoms with E-state index in [9.17, 15) is 9.18 Å². The van der Waals surface area contributed by atoms with Gasteiger partial charge in [-0.25, -0.2) is 4.39 Å². The zero-order chi connectivity index (χ0) is 12.3. The molecule has 1 unspecified atom stereocenters. The van der Waals surface area contributed by atoms with Gasteiger partial charge in [0.2, 0.25) is 5.91 Å². The van der Waals surface area contributed by atoms with Crippen molar-refractivity contribution in [2.45, 2.75) is 12.3 Å². The van der Waals surface area contributed by atoms with E-state index in [1.807, 2.05) is 0 Å². The Morgan fingerprint density at radius 3 is 3.18 bits per heavy atom. The molecule has 2 N–H and O–H groups in total. The van der Waals surface area contributed by atoms with Crippen LogP contribution >= 0.6 is 0 Å². The average molecular weight is 238 g/mol. The van der Waals surface area contributed by atoms with E-state index < -0.39 is 0 Å². The zero-order valence-corrected chi connectivity index (χ0v) is 9.63. The SMILES string of the molecule is CNCNC(=O)C1CCOc2ccc(F)cc21. The number of hydrogen-bond donors (Lipinski definition) is 2. The topological polar surface area (TPSA) is 50.4 Å². The van der Waals surface area contributed by atoms with Gasteiger partial charge < -0.3 is 15.4 Å². The molecule has 0 radical (unpaired) electrons. The summed E-state index contributed by atoms with van der Waals surface area (Å²) in [7, 11) is 1.75. The normalized spacial score (nSPS) is 18.1. The van der Waals surface area contributed by atoms with Gasteiger partial charge in [0.15, 0.2) is 0 Å². The number of amides is 1. The van der Waals surface area contributed by atoms with Crippen molar-refractivity contribution in [3.63, 3.8) is 0 Å². The van der Waals surface area contributed by atoms with Crippen LogP contribution in [-0.2, 0) is 4.79 Å². The van der Waals surface area contributed by atoms with E-state index in [1.165, 1.54) is 12.1 Å². The van der Waals surface area contributed by atoms with Crippen LogP contribution < -0.4 is 15.4 Å². The number of rotatable bonds is 3. The van der Waals surface area contributed by atoms with Crippen molar-refractivity contribution in [1.82, 2.24) is 10.6 Å². The lowest BCUT2D eigenvalue weighted by atomic mass is 9.92. The third kappa shape index (κ3) is 2.55. The molecule has 1 heterocycles. The Kier molecular flexibility index (Phi) is 3.58. The van der Waals surface area contributed by atoms with Crippen molar-refractivity contribution in [3.05, 3.63) is 29.6 Å². The molecular formula is C12H15FN2O2. The minimum atomic E-state index is -0.347. The number of benzene rings is 1. The molecule has 0 saturated carbocycles. The number of hydrogen-bond acceptors (Lipinski definition) is 3. The van der Waals surface area contributed by atoms with Crippen LogP contribution in [0.3, 0.4) is 0 Å². The summed E-state index contributed by atoms with van der Waals surface area (Å²) in [6, 6.07) is 4.28. The maximum Gasteiger partial charge on any atom is 0.228 e. The summed E-state index contributed by atoms with van der Waals surface area (Å²) < 4.78 is 18.6. The first kappa shape index (κ1) is 11.9. The van der Waals surface area contributed by atoms with Gasteiger partial charge in [0.05, 0.1) is 19.2 Å². The number of carbonyl (C=O) groups is 1. The number of nitrogens with one attached hydrogen (secondary N) is 2. The third-order valence-electron chi connectivity index (χ3n) is 2.77. The van der Waals surface area contributed by atoms with Crippen molar-refractivity contribution >= 4 is 5.91 Å². The van der Waals surface area contributed by atoms with E-state index in [4.69, 9.17) is 4.74 Å². The molecule has 4 nitrogen and oxygen atoms in total. The van der Waals surface area contributed by atoms with Crippen LogP contribution in [0.2, 0.25) is 0 Å². The third-order valence-corrected chi connectivity index (χ3v) is 2.77. The van der Waals surface area contributed by atoms with Crippen molar-refractivity contribution in [3.8, 4) is 5.75 Å². The molecule has 2 rings (SSSR count). The van der Waals surface area contributed by atoms with E-state index >= 15 is 0 Å². The maximum atomic E-state index is 13.2. The average Bonchev–Trinajstić information content (AvgIpc) is 2.35. The van der Waals surface area contributed by atoms with Crippen molar-refractivity contribution in [1.29, 1.82) is 0 Å². The molecule has 1 aliphatic rings. The monoisotopic (exact) mass is 238 g/mol. The Morgan fingerprint density at radius 2 is 2.41 bits per heavy atom. The minimum Gasteiger partial charge on any atom is -0.493 e. The number of carbonyl (C=O) groups excluding carboxylic acids is 1. The highest BCUT2D eigenvalue weighted by molar-refractivity contribution is 5.84. The highest BCUT2D eigenvalue weighted by Crippen LogP contribution is 2.34. The molecule has 0 saturated heterocycles. The van der Waals surface area contributed by atoms with Gasteiger partial charge in [0, 0.05) is 5.56 Å².